The van der Waals surface area contributed by atoms with Gasteiger partial charge in [-0.05, 0) is 25.0 Å². The van der Waals surface area contributed by atoms with E-state index in [9.17, 15) is 9.18 Å². The van der Waals surface area contributed by atoms with E-state index in [1.54, 1.807) is 0 Å². The van der Waals surface area contributed by atoms with Gasteiger partial charge in [0.25, 0.3) is 0 Å². The van der Waals surface area contributed by atoms with Crippen LogP contribution in [0.15, 0.2) is 18.2 Å². The van der Waals surface area contributed by atoms with Crippen LogP contribution in [-0.4, -0.2) is 32.4 Å². The lowest BCUT2D eigenvalue weighted by molar-refractivity contribution is 0.0806. The van der Waals surface area contributed by atoms with Crippen LogP contribution in [0, 0.1) is 5.82 Å². The molecule has 1 heterocycles. The predicted octanol–water partition coefficient (Wildman–Crippen LogP) is 2.13. The Kier molecular flexibility index (Phi) is 4.57. The number of benzene rings is 1. The third-order valence-corrected chi connectivity index (χ3v) is 2.98. The summed E-state index contributed by atoms with van der Waals surface area (Å²) in [6.07, 6.45) is 1.54. The van der Waals surface area contributed by atoms with Crippen LogP contribution >= 0.6 is 0 Å². The van der Waals surface area contributed by atoms with Crippen LogP contribution in [0.5, 0.6) is 5.75 Å². The summed E-state index contributed by atoms with van der Waals surface area (Å²) in [5.41, 5.74) is 0.101. The number of hydrogen-bond acceptors (Lipinski definition) is 3. The average Bonchev–Trinajstić information content (AvgIpc) is 2.42. The molecule has 0 aromatic heterocycles. The highest BCUT2D eigenvalue weighted by atomic mass is 19.1. The Morgan fingerprint density at radius 2 is 2.16 bits per heavy atom. The summed E-state index contributed by atoms with van der Waals surface area (Å²) >= 11 is 0. The van der Waals surface area contributed by atoms with Gasteiger partial charge >= 0.3 is 6.03 Å². The van der Waals surface area contributed by atoms with Gasteiger partial charge in [-0.25, -0.2) is 9.18 Å². The number of nitrogens with one attached hydrogen (secondary N) is 2. The predicted molar refractivity (Wildman–Crippen MR) is 68.9 cm³/mol. The molecular formula is C13H17FN2O3. The number of halogens is 1. The Balaban J connectivity index is 1.94. The van der Waals surface area contributed by atoms with E-state index >= 15 is 0 Å². The molecule has 2 N–H and O–H groups in total. The first-order valence-corrected chi connectivity index (χ1v) is 6.18. The summed E-state index contributed by atoms with van der Waals surface area (Å²) in [6, 6.07) is 3.85. The molecule has 0 unspecified atom stereocenters. The molecule has 6 heteroatoms. The first-order valence-electron chi connectivity index (χ1n) is 6.18. The number of hydrogen-bond donors (Lipinski definition) is 2. The zero-order valence-electron chi connectivity index (χ0n) is 10.7. The van der Waals surface area contributed by atoms with Crippen molar-refractivity contribution in [2.45, 2.75) is 18.9 Å². The summed E-state index contributed by atoms with van der Waals surface area (Å²) in [6.45, 7) is 1.27. The summed E-state index contributed by atoms with van der Waals surface area (Å²) in [5, 5.41) is 5.28. The average molecular weight is 268 g/mol. The number of rotatable bonds is 3. The number of carbonyl (C=O) groups excluding carboxylic acids is 1. The lowest BCUT2D eigenvalue weighted by atomic mass is 10.1. The van der Waals surface area contributed by atoms with Gasteiger partial charge in [0.05, 0.1) is 12.8 Å². The molecule has 2 amide bonds. The largest absolute Gasteiger partial charge is 0.497 e. The summed E-state index contributed by atoms with van der Waals surface area (Å²) in [4.78, 5) is 11.8. The Morgan fingerprint density at radius 1 is 1.42 bits per heavy atom. The van der Waals surface area contributed by atoms with E-state index in [2.05, 4.69) is 10.6 Å². The van der Waals surface area contributed by atoms with Gasteiger partial charge in [0, 0.05) is 25.3 Å². The minimum Gasteiger partial charge on any atom is -0.497 e. The van der Waals surface area contributed by atoms with E-state index in [4.69, 9.17) is 9.47 Å². The van der Waals surface area contributed by atoms with Crippen LogP contribution in [-0.2, 0) is 4.74 Å². The summed E-state index contributed by atoms with van der Waals surface area (Å²) < 4.78 is 23.7. The van der Waals surface area contributed by atoms with Gasteiger partial charge < -0.3 is 20.1 Å². The molecule has 1 aromatic carbocycles. The number of carbonyl (C=O) groups is 1. The lowest BCUT2D eigenvalue weighted by Gasteiger charge is -2.23. The Labute approximate surface area is 111 Å². The van der Waals surface area contributed by atoms with Crippen molar-refractivity contribution in [1.82, 2.24) is 5.32 Å². The highest BCUT2D eigenvalue weighted by Gasteiger charge is 2.16. The standard InChI is InChI=1S/C13H17FN2O3/c1-18-10-2-3-11(14)12(8-10)16-13(17)15-9-4-6-19-7-5-9/h2-3,8-9H,4-7H2,1H3,(H2,15,16,17). The second-order valence-corrected chi connectivity index (χ2v) is 4.33. The molecule has 0 saturated carbocycles. The molecular weight excluding hydrogens is 251 g/mol. The molecule has 0 radical (unpaired) electrons. The lowest BCUT2D eigenvalue weighted by Crippen LogP contribution is -2.41. The van der Waals surface area contributed by atoms with Crippen molar-refractivity contribution in [1.29, 1.82) is 0 Å². The van der Waals surface area contributed by atoms with Crippen molar-refractivity contribution < 1.29 is 18.7 Å². The zero-order valence-corrected chi connectivity index (χ0v) is 10.7. The SMILES string of the molecule is COc1ccc(F)c(NC(=O)NC2CCOCC2)c1. The van der Waals surface area contributed by atoms with Gasteiger partial charge in [0.2, 0.25) is 0 Å². The quantitative estimate of drug-likeness (QED) is 0.883. The fraction of sp³-hybridized carbons (Fsp3) is 0.462. The zero-order chi connectivity index (χ0) is 13.7. The topological polar surface area (TPSA) is 59.6 Å². The van der Waals surface area contributed by atoms with E-state index in [-0.39, 0.29) is 11.7 Å². The van der Waals surface area contributed by atoms with E-state index in [1.807, 2.05) is 0 Å². The van der Waals surface area contributed by atoms with Crippen molar-refractivity contribution in [3.05, 3.63) is 24.0 Å². The minimum atomic E-state index is -0.497. The van der Waals surface area contributed by atoms with Gasteiger partial charge in [-0.15, -0.1) is 0 Å². The fourth-order valence-electron chi connectivity index (χ4n) is 1.91. The van der Waals surface area contributed by atoms with Gasteiger partial charge in [-0.2, -0.15) is 0 Å². The smallest absolute Gasteiger partial charge is 0.319 e. The molecule has 5 nitrogen and oxygen atoms in total. The molecule has 19 heavy (non-hydrogen) atoms. The van der Waals surface area contributed by atoms with Gasteiger partial charge in [-0.1, -0.05) is 0 Å². The maximum atomic E-state index is 13.5. The second kappa shape index (κ2) is 6.38. The van der Waals surface area contributed by atoms with E-state index in [1.165, 1.54) is 25.3 Å². The molecule has 2 rings (SSSR count). The van der Waals surface area contributed by atoms with E-state index < -0.39 is 11.8 Å². The summed E-state index contributed by atoms with van der Waals surface area (Å²) in [5.74, 6) is -0.00862. The van der Waals surface area contributed by atoms with Gasteiger partial charge in [-0.3, -0.25) is 0 Å². The van der Waals surface area contributed by atoms with Crippen molar-refractivity contribution in [2.24, 2.45) is 0 Å². The Morgan fingerprint density at radius 3 is 2.84 bits per heavy atom. The Bertz CT molecular complexity index is 448. The van der Waals surface area contributed by atoms with Gasteiger partial charge in [0.1, 0.15) is 11.6 Å². The molecule has 0 aliphatic carbocycles. The molecule has 1 fully saturated rings. The van der Waals surface area contributed by atoms with Crippen LogP contribution < -0.4 is 15.4 Å². The highest BCUT2D eigenvalue weighted by molar-refractivity contribution is 5.89. The van der Waals surface area contributed by atoms with Crippen LogP contribution in [0.2, 0.25) is 0 Å². The molecule has 0 bridgehead atoms. The molecule has 1 aromatic rings. The third kappa shape index (κ3) is 3.82. The van der Waals surface area contributed by atoms with Crippen LogP contribution in [0.3, 0.4) is 0 Å². The third-order valence-electron chi connectivity index (χ3n) is 2.98. The maximum absolute atomic E-state index is 13.5. The van der Waals surface area contributed by atoms with Crippen LogP contribution in [0.25, 0.3) is 0 Å². The van der Waals surface area contributed by atoms with Crippen molar-refractivity contribution in [3.8, 4) is 5.75 Å². The molecule has 0 atom stereocenters. The monoisotopic (exact) mass is 268 g/mol. The van der Waals surface area contributed by atoms with Crippen LogP contribution in [0.4, 0.5) is 14.9 Å². The van der Waals surface area contributed by atoms with E-state index in [0.717, 1.165) is 12.8 Å². The Hall–Kier alpha value is -1.82. The number of amides is 2. The summed E-state index contributed by atoms with van der Waals surface area (Å²) in [7, 11) is 1.49. The number of urea groups is 1. The van der Waals surface area contributed by atoms with Crippen molar-refractivity contribution in [2.75, 3.05) is 25.6 Å². The first kappa shape index (κ1) is 13.6. The van der Waals surface area contributed by atoms with Crippen molar-refractivity contribution in [3.63, 3.8) is 0 Å². The van der Waals surface area contributed by atoms with Gasteiger partial charge in [0.15, 0.2) is 0 Å². The minimum absolute atomic E-state index is 0.0717. The first-order chi connectivity index (χ1) is 9.19. The molecule has 1 aliphatic heterocycles. The fourth-order valence-corrected chi connectivity index (χ4v) is 1.91. The molecule has 1 aliphatic rings. The normalized spacial score (nSPS) is 15.9. The highest BCUT2D eigenvalue weighted by Crippen LogP contribution is 2.21. The molecule has 104 valence electrons. The number of anilines is 1. The van der Waals surface area contributed by atoms with Crippen molar-refractivity contribution >= 4 is 11.7 Å². The molecule has 0 spiro atoms. The number of methoxy groups -OCH3 is 1. The second-order valence-electron chi connectivity index (χ2n) is 4.33. The van der Waals surface area contributed by atoms with Crippen LogP contribution in [0.1, 0.15) is 12.8 Å². The maximum Gasteiger partial charge on any atom is 0.319 e. The number of ether oxygens (including phenoxy) is 2. The molecule has 1 saturated heterocycles. The van der Waals surface area contributed by atoms with E-state index in [0.29, 0.717) is 19.0 Å².